The third-order valence-electron chi connectivity index (χ3n) is 5.65. The molecule has 160 valence electrons. The number of nitrogens with zero attached hydrogens (tertiary/aromatic N) is 3. The van der Waals surface area contributed by atoms with Crippen LogP contribution >= 0.6 is 0 Å². The van der Waals surface area contributed by atoms with E-state index in [0.29, 0.717) is 39.7 Å². The van der Waals surface area contributed by atoms with E-state index < -0.39 is 6.04 Å². The fourth-order valence-electron chi connectivity index (χ4n) is 4.03. The Bertz CT molecular complexity index is 1410. The van der Waals surface area contributed by atoms with Crippen LogP contribution in [-0.4, -0.2) is 20.7 Å². The van der Waals surface area contributed by atoms with Gasteiger partial charge in [0, 0.05) is 35.2 Å². The zero-order chi connectivity index (χ0) is 22.4. The van der Waals surface area contributed by atoms with Crippen molar-refractivity contribution in [3.63, 3.8) is 0 Å². The van der Waals surface area contributed by atoms with Gasteiger partial charge in [0.15, 0.2) is 0 Å². The van der Waals surface area contributed by atoms with Crippen LogP contribution in [-0.2, 0) is 4.79 Å². The Labute approximate surface area is 183 Å². The molecule has 0 spiro atoms. The molecule has 4 N–H and O–H groups in total. The first-order chi connectivity index (χ1) is 15.4. The first-order valence-corrected chi connectivity index (χ1v) is 10.1. The lowest BCUT2D eigenvalue weighted by atomic mass is 9.94. The Hall–Kier alpha value is -4.20. The number of carbonyl (C=O) groups is 1. The van der Waals surface area contributed by atoms with E-state index in [1.165, 1.54) is 6.07 Å². The molecule has 2 aromatic heterocycles. The Morgan fingerprint density at radius 3 is 2.78 bits per heavy atom. The molecule has 1 unspecified atom stereocenters. The predicted molar refractivity (Wildman–Crippen MR) is 123 cm³/mol. The van der Waals surface area contributed by atoms with Crippen molar-refractivity contribution in [2.45, 2.75) is 19.9 Å². The highest BCUT2D eigenvalue weighted by atomic mass is 19.1. The van der Waals surface area contributed by atoms with E-state index in [4.69, 9.17) is 5.73 Å². The highest BCUT2D eigenvalue weighted by molar-refractivity contribution is 6.06. The third kappa shape index (κ3) is 3.35. The summed E-state index contributed by atoms with van der Waals surface area (Å²) in [5.74, 6) is 0.292. The monoisotopic (exact) mass is 428 g/mol. The minimum atomic E-state index is -0.636. The summed E-state index contributed by atoms with van der Waals surface area (Å²) in [5.41, 5.74) is 8.78. The second-order valence-corrected chi connectivity index (χ2v) is 7.87. The smallest absolute Gasteiger partial charge is 0.255 e. The number of benzene rings is 2. The molecule has 3 heterocycles. The van der Waals surface area contributed by atoms with Crippen molar-refractivity contribution in [2.24, 2.45) is 0 Å². The summed E-state index contributed by atoms with van der Waals surface area (Å²) in [6, 6.07) is 13.5. The highest BCUT2D eigenvalue weighted by Crippen LogP contribution is 2.37. The predicted octanol–water partition coefficient (Wildman–Crippen LogP) is 4.39. The molecular weight excluding hydrogens is 407 g/mol. The summed E-state index contributed by atoms with van der Waals surface area (Å²) >= 11 is 0. The number of fused-ring (bicyclic) bond motifs is 2. The van der Waals surface area contributed by atoms with Crippen LogP contribution in [0.25, 0.3) is 10.8 Å². The van der Waals surface area contributed by atoms with Crippen molar-refractivity contribution in [1.82, 2.24) is 14.8 Å². The minimum absolute atomic E-state index is 0.308. The van der Waals surface area contributed by atoms with Gasteiger partial charge in [-0.05, 0) is 54.6 Å². The molecule has 4 aromatic rings. The topological polar surface area (TPSA) is 97.9 Å². The van der Waals surface area contributed by atoms with Crippen LogP contribution in [0.15, 0.2) is 72.2 Å². The summed E-state index contributed by atoms with van der Waals surface area (Å²) < 4.78 is 16.1. The standard InChI is InChI=1S/C24H21FN6O/c1-13-3-4-16(10-19(13)25)23-22(14(2)28-21-11-20(26)30-31(21)23)24(32)29-18-6-5-17-12-27-8-7-15(17)9-18/h3-12,23,28H,1-2H3,(H2,26,30)(H,29,32). The van der Waals surface area contributed by atoms with Gasteiger partial charge < -0.3 is 16.4 Å². The van der Waals surface area contributed by atoms with E-state index in [1.807, 2.05) is 31.2 Å². The molecule has 5 rings (SSSR count). The van der Waals surface area contributed by atoms with Crippen molar-refractivity contribution in [3.8, 4) is 0 Å². The van der Waals surface area contributed by atoms with E-state index in [-0.39, 0.29) is 11.7 Å². The lowest BCUT2D eigenvalue weighted by Gasteiger charge is -2.29. The molecule has 32 heavy (non-hydrogen) atoms. The maximum absolute atomic E-state index is 14.4. The number of pyridine rings is 1. The van der Waals surface area contributed by atoms with E-state index in [0.717, 1.165) is 10.8 Å². The summed E-state index contributed by atoms with van der Waals surface area (Å²) in [4.78, 5) is 17.6. The molecule has 0 saturated heterocycles. The zero-order valence-corrected chi connectivity index (χ0v) is 17.6. The Morgan fingerprint density at radius 2 is 1.97 bits per heavy atom. The van der Waals surface area contributed by atoms with Crippen LogP contribution in [0.2, 0.25) is 0 Å². The number of nitrogens with one attached hydrogen (secondary N) is 2. The van der Waals surface area contributed by atoms with E-state index >= 15 is 0 Å². The molecule has 0 radical (unpaired) electrons. The van der Waals surface area contributed by atoms with Crippen LogP contribution in [0.5, 0.6) is 0 Å². The highest BCUT2D eigenvalue weighted by Gasteiger charge is 2.33. The van der Waals surface area contributed by atoms with Crippen LogP contribution in [0.1, 0.15) is 24.1 Å². The third-order valence-corrected chi connectivity index (χ3v) is 5.65. The number of nitrogens with two attached hydrogens (primary N) is 1. The number of halogens is 1. The molecule has 1 atom stereocenters. The number of rotatable bonds is 3. The zero-order valence-electron chi connectivity index (χ0n) is 17.6. The molecular formula is C24H21FN6O. The number of anilines is 3. The van der Waals surface area contributed by atoms with Gasteiger partial charge in [0.1, 0.15) is 23.5 Å². The van der Waals surface area contributed by atoms with Gasteiger partial charge in [0.25, 0.3) is 5.91 Å². The molecule has 8 heteroatoms. The number of aryl methyl sites for hydroxylation is 1. The molecule has 0 aliphatic carbocycles. The molecule has 2 aromatic carbocycles. The number of amides is 1. The normalized spacial score (nSPS) is 15.4. The van der Waals surface area contributed by atoms with Gasteiger partial charge in [-0.3, -0.25) is 9.78 Å². The van der Waals surface area contributed by atoms with Crippen LogP contribution < -0.4 is 16.4 Å². The van der Waals surface area contributed by atoms with Gasteiger partial charge in [0.2, 0.25) is 0 Å². The molecule has 7 nitrogen and oxygen atoms in total. The minimum Gasteiger partial charge on any atom is -0.382 e. The lowest BCUT2D eigenvalue weighted by Crippen LogP contribution is -2.31. The molecule has 0 fully saturated rings. The Kier molecular flexibility index (Phi) is 4.62. The first-order valence-electron chi connectivity index (χ1n) is 10.1. The van der Waals surface area contributed by atoms with Crippen LogP contribution in [0.3, 0.4) is 0 Å². The van der Waals surface area contributed by atoms with Gasteiger partial charge in [-0.15, -0.1) is 0 Å². The van der Waals surface area contributed by atoms with Crippen LogP contribution in [0.4, 0.5) is 21.7 Å². The van der Waals surface area contributed by atoms with E-state index in [2.05, 4.69) is 20.7 Å². The maximum Gasteiger partial charge on any atom is 0.255 e. The van der Waals surface area contributed by atoms with E-state index in [1.54, 1.807) is 42.2 Å². The fourth-order valence-corrected chi connectivity index (χ4v) is 4.03. The second kappa shape index (κ2) is 7.49. The van der Waals surface area contributed by atoms with Crippen molar-refractivity contribution < 1.29 is 9.18 Å². The Morgan fingerprint density at radius 1 is 1.12 bits per heavy atom. The van der Waals surface area contributed by atoms with Gasteiger partial charge >= 0.3 is 0 Å². The number of allylic oxidation sites excluding steroid dienone is 1. The fraction of sp³-hybridized carbons (Fsp3) is 0.125. The lowest BCUT2D eigenvalue weighted by molar-refractivity contribution is -0.113. The molecule has 1 aliphatic heterocycles. The van der Waals surface area contributed by atoms with Crippen molar-refractivity contribution >= 4 is 34.0 Å². The van der Waals surface area contributed by atoms with Gasteiger partial charge in [-0.2, -0.15) is 5.10 Å². The van der Waals surface area contributed by atoms with Crippen molar-refractivity contribution in [3.05, 3.63) is 89.1 Å². The number of aromatic nitrogens is 3. The SMILES string of the molecule is CC1=C(C(=O)Nc2ccc3cnccc3c2)C(c2ccc(C)c(F)c2)n2nc(N)cc2N1. The quantitative estimate of drug-likeness (QED) is 0.450. The van der Waals surface area contributed by atoms with Crippen molar-refractivity contribution in [1.29, 1.82) is 0 Å². The summed E-state index contributed by atoms with van der Waals surface area (Å²) in [6.07, 6.45) is 3.47. The largest absolute Gasteiger partial charge is 0.382 e. The number of carbonyl (C=O) groups excluding carboxylic acids is 1. The Balaban J connectivity index is 1.57. The summed E-state index contributed by atoms with van der Waals surface area (Å²) in [6.45, 7) is 3.51. The molecule has 1 amide bonds. The second-order valence-electron chi connectivity index (χ2n) is 7.87. The molecule has 0 saturated carbocycles. The number of hydrogen-bond acceptors (Lipinski definition) is 5. The molecule has 1 aliphatic rings. The van der Waals surface area contributed by atoms with Crippen LogP contribution in [0, 0.1) is 12.7 Å². The van der Waals surface area contributed by atoms with Gasteiger partial charge in [0.05, 0.1) is 5.57 Å². The number of nitrogen functional groups attached to an aromatic ring is 1. The maximum atomic E-state index is 14.4. The van der Waals surface area contributed by atoms with Crippen molar-refractivity contribution in [2.75, 3.05) is 16.4 Å². The van der Waals surface area contributed by atoms with Gasteiger partial charge in [-0.1, -0.05) is 18.2 Å². The first kappa shape index (κ1) is 19.7. The average molecular weight is 428 g/mol. The summed E-state index contributed by atoms with van der Waals surface area (Å²) in [7, 11) is 0. The van der Waals surface area contributed by atoms with E-state index in [9.17, 15) is 9.18 Å². The average Bonchev–Trinajstić information content (AvgIpc) is 3.14. The number of hydrogen-bond donors (Lipinski definition) is 3. The van der Waals surface area contributed by atoms with Gasteiger partial charge in [-0.25, -0.2) is 9.07 Å². The summed E-state index contributed by atoms with van der Waals surface area (Å²) in [5, 5.41) is 12.5. The molecule has 0 bridgehead atoms.